The second-order valence-corrected chi connectivity index (χ2v) is 9.59. The predicted octanol–water partition coefficient (Wildman–Crippen LogP) is 9.32. The zero-order chi connectivity index (χ0) is 22.1. The first-order chi connectivity index (χ1) is 14.7. The first kappa shape index (κ1) is 29.6. The van der Waals surface area contributed by atoms with Crippen molar-refractivity contribution >= 4 is 5.78 Å². The van der Waals surface area contributed by atoms with Crippen LogP contribution in [0, 0.1) is 0 Å². The highest BCUT2D eigenvalue weighted by Crippen LogP contribution is 2.15. The highest BCUT2D eigenvalue weighted by Gasteiger charge is 2.13. The Morgan fingerprint density at radius 3 is 1.17 bits per heavy atom. The van der Waals surface area contributed by atoms with Crippen LogP contribution in [0.25, 0.3) is 0 Å². The molecular formula is C28H56O2. The molecule has 0 saturated heterocycles. The molecule has 0 aromatic carbocycles. The molecule has 0 aliphatic heterocycles. The molecule has 0 spiro atoms. The smallest absolute Gasteiger partial charge is 0.161 e. The minimum atomic E-state index is -0.702. The maximum atomic E-state index is 12.1. The van der Waals surface area contributed by atoms with Crippen molar-refractivity contribution in [3.05, 3.63) is 0 Å². The lowest BCUT2D eigenvalue weighted by Gasteiger charge is -2.09. The van der Waals surface area contributed by atoms with Crippen molar-refractivity contribution in [1.29, 1.82) is 0 Å². The molecule has 0 radical (unpaired) electrons. The van der Waals surface area contributed by atoms with Gasteiger partial charge in [-0.25, -0.2) is 0 Å². The van der Waals surface area contributed by atoms with E-state index in [1.54, 1.807) is 0 Å². The number of hydrogen-bond acceptors (Lipinski definition) is 2. The van der Waals surface area contributed by atoms with Crippen molar-refractivity contribution in [1.82, 2.24) is 0 Å². The third kappa shape index (κ3) is 22.3. The van der Waals surface area contributed by atoms with Gasteiger partial charge in [-0.1, -0.05) is 149 Å². The average molecular weight is 425 g/mol. The van der Waals surface area contributed by atoms with Crippen molar-refractivity contribution < 1.29 is 9.90 Å². The monoisotopic (exact) mass is 424 g/mol. The van der Waals surface area contributed by atoms with Crippen LogP contribution in [0.15, 0.2) is 0 Å². The normalized spacial score (nSPS) is 12.4. The summed E-state index contributed by atoms with van der Waals surface area (Å²) in [6, 6.07) is 0. The van der Waals surface area contributed by atoms with Crippen molar-refractivity contribution in [3.63, 3.8) is 0 Å². The van der Waals surface area contributed by atoms with E-state index in [0.717, 1.165) is 19.3 Å². The molecule has 180 valence electrons. The number of ketones is 1. The van der Waals surface area contributed by atoms with Gasteiger partial charge in [-0.05, 0) is 12.8 Å². The molecule has 0 fully saturated rings. The van der Waals surface area contributed by atoms with Crippen LogP contribution < -0.4 is 0 Å². The van der Waals surface area contributed by atoms with E-state index in [9.17, 15) is 9.90 Å². The van der Waals surface area contributed by atoms with Crippen LogP contribution in [-0.4, -0.2) is 17.0 Å². The summed E-state index contributed by atoms with van der Waals surface area (Å²) < 4.78 is 0. The first-order valence-electron chi connectivity index (χ1n) is 13.9. The Balaban J connectivity index is 3.30. The molecule has 0 saturated carbocycles. The van der Waals surface area contributed by atoms with Crippen molar-refractivity contribution in [3.8, 4) is 0 Å². The number of unbranched alkanes of at least 4 members (excludes halogenated alkanes) is 20. The van der Waals surface area contributed by atoms with Crippen LogP contribution in [0.2, 0.25) is 0 Å². The molecule has 1 unspecified atom stereocenters. The first-order valence-corrected chi connectivity index (χ1v) is 13.9. The summed E-state index contributed by atoms with van der Waals surface area (Å²) in [5, 5.41) is 10.1. The van der Waals surface area contributed by atoms with Gasteiger partial charge < -0.3 is 5.11 Å². The molecule has 2 heteroatoms. The van der Waals surface area contributed by atoms with E-state index in [2.05, 4.69) is 13.8 Å². The maximum absolute atomic E-state index is 12.1. The van der Waals surface area contributed by atoms with Gasteiger partial charge in [0.2, 0.25) is 0 Å². The summed E-state index contributed by atoms with van der Waals surface area (Å²) >= 11 is 0. The Bertz CT molecular complexity index is 340. The third-order valence-electron chi connectivity index (χ3n) is 6.48. The molecule has 0 rings (SSSR count). The van der Waals surface area contributed by atoms with Crippen molar-refractivity contribution in [2.45, 2.75) is 174 Å². The van der Waals surface area contributed by atoms with E-state index in [-0.39, 0.29) is 5.78 Å². The number of Topliss-reactive ketones (excluding diaryl/α,β-unsaturated/α-hetero) is 1. The second-order valence-electron chi connectivity index (χ2n) is 9.59. The van der Waals surface area contributed by atoms with E-state index in [0.29, 0.717) is 12.8 Å². The predicted molar refractivity (Wildman–Crippen MR) is 133 cm³/mol. The molecule has 0 bridgehead atoms. The molecular weight excluding hydrogens is 368 g/mol. The fourth-order valence-electron chi connectivity index (χ4n) is 4.29. The van der Waals surface area contributed by atoms with Gasteiger partial charge >= 0.3 is 0 Å². The second kappa shape index (κ2) is 24.9. The van der Waals surface area contributed by atoms with Crippen LogP contribution in [0.3, 0.4) is 0 Å². The summed E-state index contributed by atoms with van der Waals surface area (Å²) in [6.07, 6.45) is 29.2. The van der Waals surface area contributed by atoms with Gasteiger partial charge in [-0.3, -0.25) is 4.79 Å². The van der Waals surface area contributed by atoms with E-state index in [4.69, 9.17) is 0 Å². The molecule has 0 aromatic heterocycles. The lowest BCUT2D eigenvalue weighted by atomic mass is 10.0. The van der Waals surface area contributed by atoms with Gasteiger partial charge in [-0.2, -0.15) is 0 Å². The fraction of sp³-hybridized carbons (Fsp3) is 0.964. The third-order valence-corrected chi connectivity index (χ3v) is 6.48. The Hall–Kier alpha value is -0.370. The molecule has 0 amide bonds. The van der Waals surface area contributed by atoms with Crippen LogP contribution in [0.5, 0.6) is 0 Å². The average Bonchev–Trinajstić information content (AvgIpc) is 2.75. The summed E-state index contributed by atoms with van der Waals surface area (Å²) in [6.45, 7) is 4.53. The zero-order valence-corrected chi connectivity index (χ0v) is 20.9. The van der Waals surface area contributed by atoms with Gasteiger partial charge in [0.15, 0.2) is 5.78 Å². The Kier molecular flexibility index (Phi) is 24.6. The molecule has 2 nitrogen and oxygen atoms in total. The van der Waals surface area contributed by atoms with Crippen molar-refractivity contribution in [2.75, 3.05) is 0 Å². The molecule has 1 atom stereocenters. The van der Waals surface area contributed by atoms with Gasteiger partial charge in [0.05, 0.1) is 0 Å². The van der Waals surface area contributed by atoms with Gasteiger partial charge in [-0.15, -0.1) is 0 Å². The largest absolute Gasteiger partial charge is 0.385 e. The maximum Gasteiger partial charge on any atom is 0.161 e. The Morgan fingerprint density at radius 2 is 0.800 bits per heavy atom. The van der Waals surface area contributed by atoms with Gasteiger partial charge in [0, 0.05) is 6.42 Å². The number of aliphatic hydroxyl groups is 1. The standard InChI is InChI=1S/C28H56O2/c1-3-5-7-9-11-13-15-17-19-21-23-25-27(29)28(30)26-24-22-20-18-16-14-12-10-8-6-4-2/h27,29H,3-26H2,1-2H3. The van der Waals surface area contributed by atoms with Crippen LogP contribution in [-0.2, 0) is 4.79 Å². The lowest BCUT2D eigenvalue weighted by Crippen LogP contribution is -2.19. The molecule has 30 heavy (non-hydrogen) atoms. The molecule has 1 N–H and O–H groups in total. The van der Waals surface area contributed by atoms with E-state index < -0.39 is 6.10 Å². The molecule has 0 aliphatic rings. The number of aliphatic hydroxyl groups excluding tert-OH is 1. The van der Waals surface area contributed by atoms with E-state index >= 15 is 0 Å². The van der Waals surface area contributed by atoms with Crippen molar-refractivity contribution in [2.24, 2.45) is 0 Å². The Morgan fingerprint density at radius 1 is 0.500 bits per heavy atom. The summed E-state index contributed by atoms with van der Waals surface area (Å²) in [7, 11) is 0. The quantitative estimate of drug-likeness (QED) is 0.148. The molecule has 0 aromatic rings. The minimum absolute atomic E-state index is 0.0815. The van der Waals surface area contributed by atoms with E-state index in [1.165, 1.54) is 122 Å². The number of carbonyl (C=O) groups excluding carboxylic acids is 1. The summed E-state index contributed by atoms with van der Waals surface area (Å²) in [5.74, 6) is 0.0815. The highest BCUT2D eigenvalue weighted by molar-refractivity contribution is 5.82. The summed E-state index contributed by atoms with van der Waals surface area (Å²) in [5.41, 5.74) is 0. The molecule has 0 heterocycles. The summed E-state index contributed by atoms with van der Waals surface area (Å²) in [4.78, 5) is 12.1. The van der Waals surface area contributed by atoms with Gasteiger partial charge in [0.25, 0.3) is 0 Å². The lowest BCUT2D eigenvalue weighted by molar-refractivity contribution is -0.127. The van der Waals surface area contributed by atoms with Crippen LogP contribution >= 0.6 is 0 Å². The molecule has 0 aliphatic carbocycles. The van der Waals surface area contributed by atoms with Crippen LogP contribution in [0.1, 0.15) is 168 Å². The number of carbonyl (C=O) groups is 1. The topological polar surface area (TPSA) is 37.3 Å². The van der Waals surface area contributed by atoms with Crippen LogP contribution in [0.4, 0.5) is 0 Å². The SMILES string of the molecule is CCCCCCCCCCCCCC(=O)C(O)CCCCCCCCCCCCC. The zero-order valence-electron chi connectivity index (χ0n) is 20.9. The Labute approximate surface area is 190 Å². The highest BCUT2D eigenvalue weighted by atomic mass is 16.3. The number of rotatable bonds is 25. The minimum Gasteiger partial charge on any atom is -0.385 e. The van der Waals surface area contributed by atoms with Gasteiger partial charge in [0.1, 0.15) is 6.10 Å². The fourth-order valence-corrected chi connectivity index (χ4v) is 4.29. The van der Waals surface area contributed by atoms with E-state index in [1.807, 2.05) is 0 Å². The number of hydrogen-bond donors (Lipinski definition) is 1.